The second-order valence-electron chi connectivity index (χ2n) is 6.60. The van der Waals surface area contributed by atoms with E-state index in [1.807, 2.05) is 42.5 Å². The van der Waals surface area contributed by atoms with Gasteiger partial charge in [0.15, 0.2) is 11.5 Å². The van der Waals surface area contributed by atoms with Crippen molar-refractivity contribution in [1.29, 1.82) is 0 Å². The van der Waals surface area contributed by atoms with Crippen molar-refractivity contribution in [3.8, 4) is 22.8 Å². The number of aromatic nitrogens is 2. The molecule has 1 aliphatic rings. The fourth-order valence-corrected chi connectivity index (χ4v) is 3.30. The Hall–Kier alpha value is -3.80. The van der Waals surface area contributed by atoms with Gasteiger partial charge in [0.05, 0.1) is 5.69 Å². The lowest BCUT2D eigenvalue weighted by atomic mass is 10.0. The summed E-state index contributed by atoms with van der Waals surface area (Å²) in [5.41, 5.74) is 8.80. The third-order valence-corrected chi connectivity index (χ3v) is 4.70. The monoisotopic (exact) mass is 370 g/mol. The van der Waals surface area contributed by atoms with E-state index >= 15 is 0 Å². The number of nitrogens with two attached hydrogens (primary N) is 1. The van der Waals surface area contributed by atoms with Gasteiger partial charge in [-0.15, -0.1) is 0 Å². The first kappa shape index (κ1) is 16.4. The summed E-state index contributed by atoms with van der Waals surface area (Å²) in [6.07, 6.45) is 0. The smallest absolute Gasteiger partial charge is 0.231 e. The largest absolute Gasteiger partial charge is 0.454 e. The molecule has 1 aliphatic heterocycles. The van der Waals surface area contributed by atoms with Gasteiger partial charge in [-0.05, 0) is 34.5 Å². The lowest BCUT2D eigenvalue weighted by Crippen LogP contribution is -2.05. The van der Waals surface area contributed by atoms with Crippen molar-refractivity contribution in [1.82, 2.24) is 9.97 Å². The Morgan fingerprint density at radius 1 is 0.857 bits per heavy atom. The molecule has 3 aromatic carbocycles. The van der Waals surface area contributed by atoms with Crippen LogP contribution in [0.15, 0.2) is 66.7 Å². The molecule has 0 spiro atoms. The Kier molecular flexibility index (Phi) is 3.94. The first-order chi connectivity index (χ1) is 13.7. The summed E-state index contributed by atoms with van der Waals surface area (Å²) in [4.78, 5) is 8.71. The maximum absolute atomic E-state index is 5.95. The van der Waals surface area contributed by atoms with Gasteiger partial charge in [-0.2, -0.15) is 4.98 Å². The van der Waals surface area contributed by atoms with Crippen LogP contribution in [0, 0.1) is 0 Å². The van der Waals surface area contributed by atoms with Crippen molar-refractivity contribution in [2.24, 2.45) is 0 Å². The Balaban J connectivity index is 1.40. The van der Waals surface area contributed by atoms with Crippen molar-refractivity contribution in [2.75, 3.05) is 17.8 Å². The highest BCUT2D eigenvalue weighted by molar-refractivity contribution is 5.87. The summed E-state index contributed by atoms with van der Waals surface area (Å²) < 4.78 is 10.8. The molecule has 0 saturated carbocycles. The molecule has 2 heterocycles. The third kappa shape index (κ3) is 3.16. The molecule has 28 heavy (non-hydrogen) atoms. The van der Waals surface area contributed by atoms with Crippen molar-refractivity contribution in [3.63, 3.8) is 0 Å². The zero-order chi connectivity index (χ0) is 18.9. The molecule has 6 nitrogen and oxygen atoms in total. The fourth-order valence-electron chi connectivity index (χ4n) is 3.30. The summed E-state index contributed by atoms with van der Waals surface area (Å²) >= 11 is 0. The average Bonchev–Trinajstić information content (AvgIpc) is 3.19. The Morgan fingerprint density at radius 2 is 1.71 bits per heavy atom. The number of nitrogen functional groups attached to an aromatic ring is 1. The minimum Gasteiger partial charge on any atom is -0.454 e. The van der Waals surface area contributed by atoms with E-state index in [1.54, 1.807) is 0 Å². The lowest BCUT2D eigenvalue weighted by Gasteiger charge is -2.10. The van der Waals surface area contributed by atoms with Crippen LogP contribution in [0.4, 0.5) is 11.8 Å². The molecule has 0 unspecified atom stereocenters. The van der Waals surface area contributed by atoms with Crippen LogP contribution in [0.25, 0.3) is 22.0 Å². The van der Waals surface area contributed by atoms with Crippen LogP contribution in [-0.2, 0) is 6.54 Å². The summed E-state index contributed by atoms with van der Waals surface area (Å²) in [6, 6.07) is 22.3. The second-order valence-corrected chi connectivity index (χ2v) is 6.60. The van der Waals surface area contributed by atoms with Crippen LogP contribution in [0.5, 0.6) is 11.5 Å². The average molecular weight is 370 g/mol. The molecule has 0 amide bonds. The van der Waals surface area contributed by atoms with Gasteiger partial charge in [0.25, 0.3) is 0 Å². The maximum atomic E-state index is 5.95. The zero-order valence-corrected chi connectivity index (χ0v) is 15.1. The fraction of sp³-hybridized carbons (Fsp3) is 0.0909. The minimum atomic E-state index is 0.235. The Bertz CT molecular complexity index is 1180. The zero-order valence-electron chi connectivity index (χ0n) is 15.1. The molecule has 3 N–H and O–H groups in total. The number of nitrogens with zero attached hydrogens (tertiary/aromatic N) is 2. The lowest BCUT2D eigenvalue weighted by molar-refractivity contribution is 0.174. The molecular weight excluding hydrogens is 352 g/mol. The molecule has 138 valence electrons. The SMILES string of the molecule is Nc1nc(NCc2ccc3c(c2)OCO3)cc(-c2ccc3ccccc3c2)n1. The van der Waals surface area contributed by atoms with Crippen LogP contribution < -0.4 is 20.5 Å². The standard InChI is InChI=1S/C22H18N4O2/c23-22-25-18(17-7-6-15-3-1-2-4-16(15)10-17)11-21(26-22)24-12-14-5-8-19-20(9-14)28-13-27-19/h1-11H,12-13H2,(H3,23,24,25,26). The highest BCUT2D eigenvalue weighted by atomic mass is 16.7. The van der Waals surface area contributed by atoms with Gasteiger partial charge in [-0.1, -0.05) is 42.5 Å². The van der Waals surface area contributed by atoms with E-state index in [-0.39, 0.29) is 12.7 Å². The first-order valence-electron chi connectivity index (χ1n) is 9.01. The number of anilines is 2. The highest BCUT2D eigenvalue weighted by Gasteiger charge is 2.13. The number of ether oxygens (including phenoxy) is 2. The van der Waals surface area contributed by atoms with Crippen LogP contribution >= 0.6 is 0 Å². The van der Waals surface area contributed by atoms with E-state index in [4.69, 9.17) is 15.2 Å². The van der Waals surface area contributed by atoms with E-state index in [0.29, 0.717) is 12.4 Å². The van der Waals surface area contributed by atoms with E-state index in [2.05, 4.69) is 39.6 Å². The molecule has 0 bridgehead atoms. The summed E-state index contributed by atoms with van der Waals surface area (Å²) in [5, 5.41) is 5.66. The van der Waals surface area contributed by atoms with Crippen molar-refractivity contribution < 1.29 is 9.47 Å². The van der Waals surface area contributed by atoms with E-state index < -0.39 is 0 Å². The van der Waals surface area contributed by atoms with Gasteiger partial charge in [-0.25, -0.2) is 4.98 Å². The van der Waals surface area contributed by atoms with Crippen LogP contribution in [0.3, 0.4) is 0 Å². The second kappa shape index (κ2) is 6.74. The Morgan fingerprint density at radius 3 is 2.64 bits per heavy atom. The summed E-state index contributed by atoms with van der Waals surface area (Å²) in [6.45, 7) is 0.855. The molecule has 1 aromatic heterocycles. The minimum absolute atomic E-state index is 0.235. The molecule has 0 fully saturated rings. The molecule has 0 atom stereocenters. The van der Waals surface area contributed by atoms with Gasteiger partial charge < -0.3 is 20.5 Å². The molecule has 5 rings (SSSR count). The highest BCUT2D eigenvalue weighted by Crippen LogP contribution is 2.32. The van der Waals surface area contributed by atoms with Gasteiger partial charge in [0.2, 0.25) is 12.7 Å². The van der Waals surface area contributed by atoms with E-state index in [0.717, 1.165) is 33.7 Å². The molecular formula is C22H18N4O2. The quantitative estimate of drug-likeness (QED) is 0.560. The van der Waals surface area contributed by atoms with Crippen LogP contribution in [-0.4, -0.2) is 16.8 Å². The van der Waals surface area contributed by atoms with E-state index in [9.17, 15) is 0 Å². The van der Waals surface area contributed by atoms with Crippen LogP contribution in [0.2, 0.25) is 0 Å². The number of benzene rings is 3. The van der Waals surface area contributed by atoms with E-state index in [1.165, 1.54) is 5.39 Å². The topological polar surface area (TPSA) is 82.3 Å². The first-order valence-corrected chi connectivity index (χ1v) is 9.01. The van der Waals surface area contributed by atoms with Gasteiger partial charge >= 0.3 is 0 Å². The number of rotatable bonds is 4. The number of nitrogens with one attached hydrogen (secondary N) is 1. The summed E-state index contributed by atoms with van der Waals surface area (Å²) in [7, 11) is 0. The van der Waals surface area contributed by atoms with Crippen LogP contribution in [0.1, 0.15) is 5.56 Å². The predicted octanol–water partition coefficient (Wildman–Crippen LogP) is 4.22. The number of hydrogen-bond acceptors (Lipinski definition) is 6. The van der Waals surface area contributed by atoms with Gasteiger partial charge in [-0.3, -0.25) is 0 Å². The summed E-state index contributed by atoms with van der Waals surface area (Å²) in [5.74, 6) is 2.44. The third-order valence-electron chi connectivity index (χ3n) is 4.70. The normalized spacial score (nSPS) is 12.3. The molecule has 0 radical (unpaired) electrons. The predicted molar refractivity (Wildman–Crippen MR) is 109 cm³/mol. The van der Waals surface area contributed by atoms with Gasteiger partial charge in [0.1, 0.15) is 5.82 Å². The Labute approximate surface area is 162 Å². The molecule has 4 aromatic rings. The number of fused-ring (bicyclic) bond motifs is 2. The molecule has 0 saturated heterocycles. The number of hydrogen-bond donors (Lipinski definition) is 2. The van der Waals surface area contributed by atoms with Gasteiger partial charge in [0, 0.05) is 18.2 Å². The van der Waals surface area contributed by atoms with Crippen molar-refractivity contribution >= 4 is 22.5 Å². The molecule has 0 aliphatic carbocycles. The van der Waals surface area contributed by atoms with Crippen molar-refractivity contribution in [3.05, 3.63) is 72.3 Å². The molecule has 6 heteroatoms. The maximum Gasteiger partial charge on any atom is 0.231 e. The van der Waals surface area contributed by atoms with Crippen molar-refractivity contribution in [2.45, 2.75) is 6.54 Å².